The molecule has 3 atom stereocenters. The van der Waals surface area contributed by atoms with Crippen LogP contribution in [0.5, 0.6) is 0 Å². The second-order valence-electron chi connectivity index (χ2n) is 5.63. The van der Waals surface area contributed by atoms with Crippen molar-refractivity contribution in [1.29, 1.82) is 0 Å². The lowest BCUT2D eigenvalue weighted by molar-refractivity contribution is 0.122. The van der Waals surface area contributed by atoms with E-state index in [-0.39, 0.29) is 0 Å². The Kier molecular flexibility index (Phi) is 4.72. The Morgan fingerprint density at radius 2 is 2.22 bits per heavy atom. The molecule has 0 radical (unpaired) electrons. The molecule has 1 aliphatic rings. The fourth-order valence-corrected chi connectivity index (χ4v) is 2.76. The number of hydrogen-bond donors (Lipinski definition) is 1. The zero-order valence-electron chi connectivity index (χ0n) is 11.8. The van der Waals surface area contributed by atoms with Gasteiger partial charge in [-0.25, -0.2) is 0 Å². The van der Waals surface area contributed by atoms with E-state index in [2.05, 4.69) is 48.2 Å². The first-order valence-corrected chi connectivity index (χ1v) is 7.00. The van der Waals surface area contributed by atoms with Crippen LogP contribution in [0.4, 0.5) is 0 Å². The van der Waals surface area contributed by atoms with Crippen LogP contribution in [0.2, 0.25) is 0 Å². The van der Waals surface area contributed by atoms with Crippen molar-refractivity contribution >= 4 is 0 Å². The van der Waals surface area contributed by atoms with Crippen molar-refractivity contribution in [1.82, 2.24) is 15.2 Å². The van der Waals surface area contributed by atoms with E-state index < -0.39 is 0 Å². The summed E-state index contributed by atoms with van der Waals surface area (Å²) in [5, 5.41) is 3.70. The van der Waals surface area contributed by atoms with E-state index in [0.717, 1.165) is 18.9 Å². The number of nitrogens with zero attached hydrogens (tertiary/aromatic N) is 2. The summed E-state index contributed by atoms with van der Waals surface area (Å²) in [6, 6.07) is 7.47. The molecule has 0 bridgehead atoms. The van der Waals surface area contributed by atoms with E-state index in [1.165, 1.54) is 18.7 Å². The Labute approximate surface area is 111 Å². The first-order valence-electron chi connectivity index (χ1n) is 7.00. The topological polar surface area (TPSA) is 28.2 Å². The number of piperidine rings is 1. The summed E-state index contributed by atoms with van der Waals surface area (Å²) < 4.78 is 0. The third-order valence-corrected chi connectivity index (χ3v) is 4.12. The average molecular weight is 247 g/mol. The Bertz CT molecular complexity index is 352. The van der Waals surface area contributed by atoms with Gasteiger partial charge in [-0.15, -0.1) is 0 Å². The standard InChI is InChI=1S/C15H25N3/c1-12-11-18(3)13(2)10-15(12)17-9-7-14-6-4-5-8-16-14/h4-6,8,12-13,15,17H,7,9-11H2,1-3H3/t12-,13-,15+/m1/s1. The van der Waals surface area contributed by atoms with E-state index in [9.17, 15) is 0 Å². The Balaban J connectivity index is 1.76. The minimum Gasteiger partial charge on any atom is -0.313 e. The van der Waals surface area contributed by atoms with Crippen LogP contribution in [0.1, 0.15) is 26.0 Å². The Morgan fingerprint density at radius 3 is 2.94 bits per heavy atom. The Morgan fingerprint density at radius 1 is 1.39 bits per heavy atom. The third-order valence-electron chi connectivity index (χ3n) is 4.12. The molecule has 0 aromatic carbocycles. The fourth-order valence-electron chi connectivity index (χ4n) is 2.76. The van der Waals surface area contributed by atoms with Gasteiger partial charge in [0.05, 0.1) is 0 Å². The van der Waals surface area contributed by atoms with E-state index in [1.807, 2.05) is 12.3 Å². The van der Waals surface area contributed by atoms with Gasteiger partial charge in [-0.05, 0) is 38.4 Å². The van der Waals surface area contributed by atoms with Crippen molar-refractivity contribution in [3.05, 3.63) is 30.1 Å². The van der Waals surface area contributed by atoms with Gasteiger partial charge in [0.25, 0.3) is 0 Å². The number of rotatable bonds is 4. The van der Waals surface area contributed by atoms with Crippen molar-refractivity contribution in [2.45, 2.75) is 38.8 Å². The molecule has 1 N–H and O–H groups in total. The maximum Gasteiger partial charge on any atom is 0.0416 e. The van der Waals surface area contributed by atoms with E-state index >= 15 is 0 Å². The second-order valence-corrected chi connectivity index (χ2v) is 5.63. The van der Waals surface area contributed by atoms with Crippen LogP contribution in [0.3, 0.4) is 0 Å². The number of nitrogens with one attached hydrogen (secondary N) is 1. The largest absolute Gasteiger partial charge is 0.313 e. The highest BCUT2D eigenvalue weighted by atomic mass is 15.2. The number of likely N-dealkylation sites (tertiary alicyclic amines) is 1. The van der Waals surface area contributed by atoms with Crippen LogP contribution in [-0.4, -0.2) is 42.1 Å². The van der Waals surface area contributed by atoms with Gasteiger partial charge in [0, 0.05) is 43.5 Å². The SMILES string of the molecule is C[C@@H]1CN(C)[C@H](C)C[C@@H]1NCCc1ccccn1. The van der Waals surface area contributed by atoms with Crippen molar-refractivity contribution in [2.75, 3.05) is 20.1 Å². The number of hydrogen-bond acceptors (Lipinski definition) is 3. The number of aromatic nitrogens is 1. The Hall–Kier alpha value is -0.930. The summed E-state index contributed by atoms with van der Waals surface area (Å²) >= 11 is 0. The molecule has 2 rings (SSSR count). The average Bonchev–Trinajstić information content (AvgIpc) is 2.37. The van der Waals surface area contributed by atoms with Gasteiger partial charge in [-0.3, -0.25) is 4.98 Å². The molecule has 2 heterocycles. The maximum atomic E-state index is 4.36. The third kappa shape index (κ3) is 3.53. The van der Waals surface area contributed by atoms with Gasteiger partial charge in [0.1, 0.15) is 0 Å². The molecule has 3 nitrogen and oxygen atoms in total. The highest BCUT2D eigenvalue weighted by molar-refractivity contribution is 5.03. The van der Waals surface area contributed by atoms with Crippen LogP contribution >= 0.6 is 0 Å². The van der Waals surface area contributed by atoms with Crippen LogP contribution in [0, 0.1) is 5.92 Å². The molecule has 1 saturated heterocycles. The molecule has 1 aromatic rings. The highest BCUT2D eigenvalue weighted by Crippen LogP contribution is 2.20. The van der Waals surface area contributed by atoms with Crippen molar-refractivity contribution < 1.29 is 0 Å². The molecule has 1 aromatic heterocycles. The summed E-state index contributed by atoms with van der Waals surface area (Å²) in [6.45, 7) is 6.89. The molecule has 0 saturated carbocycles. The normalized spacial score (nSPS) is 29.4. The molecule has 1 fully saturated rings. The maximum absolute atomic E-state index is 4.36. The molecule has 0 amide bonds. The van der Waals surface area contributed by atoms with E-state index in [0.29, 0.717) is 12.1 Å². The molecule has 100 valence electrons. The summed E-state index contributed by atoms with van der Waals surface area (Å²) in [4.78, 5) is 6.82. The smallest absolute Gasteiger partial charge is 0.0416 e. The van der Waals surface area contributed by atoms with E-state index in [1.54, 1.807) is 0 Å². The van der Waals surface area contributed by atoms with Gasteiger partial charge >= 0.3 is 0 Å². The van der Waals surface area contributed by atoms with Crippen LogP contribution in [-0.2, 0) is 6.42 Å². The quantitative estimate of drug-likeness (QED) is 0.881. The fraction of sp³-hybridized carbons (Fsp3) is 0.667. The van der Waals surface area contributed by atoms with Crippen LogP contribution < -0.4 is 5.32 Å². The zero-order valence-corrected chi connectivity index (χ0v) is 11.8. The predicted molar refractivity (Wildman–Crippen MR) is 75.6 cm³/mol. The van der Waals surface area contributed by atoms with Crippen LogP contribution in [0.15, 0.2) is 24.4 Å². The van der Waals surface area contributed by atoms with Crippen molar-refractivity contribution in [2.24, 2.45) is 5.92 Å². The molecular weight excluding hydrogens is 222 g/mol. The van der Waals surface area contributed by atoms with Gasteiger partial charge in [0.15, 0.2) is 0 Å². The van der Waals surface area contributed by atoms with Crippen molar-refractivity contribution in [3.8, 4) is 0 Å². The highest BCUT2D eigenvalue weighted by Gasteiger charge is 2.28. The lowest BCUT2D eigenvalue weighted by Crippen LogP contribution is -2.51. The summed E-state index contributed by atoms with van der Waals surface area (Å²) in [5.74, 6) is 0.731. The summed E-state index contributed by atoms with van der Waals surface area (Å²) in [7, 11) is 2.23. The molecule has 0 spiro atoms. The second kappa shape index (κ2) is 6.30. The molecule has 3 heteroatoms. The van der Waals surface area contributed by atoms with Crippen LogP contribution in [0.25, 0.3) is 0 Å². The monoisotopic (exact) mass is 247 g/mol. The minimum absolute atomic E-state index is 0.653. The molecular formula is C15H25N3. The minimum atomic E-state index is 0.653. The first-order chi connectivity index (χ1) is 8.66. The van der Waals surface area contributed by atoms with E-state index in [4.69, 9.17) is 0 Å². The van der Waals surface area contributed by atoms with Gasteiger partial charge in [-0.2, -0.15) is 0 Å². The lowest BCUT2D eigenvalue weighted by atomic mass is 9.90. The lowest BCUT2D eigenvalue weighted by Gasteiger charge is -2.40. The zero-order chi connectivity index (χ0) is 13.0. The molecule has 18 heavy (non-hydrogen) atoms. The molecule has 1 aliphatic heterocycles. The van der Waals surface area contributed by atoms with Gasteiger partial charge in [0.2, 0.25) is 0 Å². The van der Waals surface area contributed by atoms with Crippen molar-refractivity contribution in [3.63, 3.8) is 0 Å². The first kappa shape index (κ1) is 13.5. The van der Waals surface area contributed by atoms with Gasteiger partial charge in [-0.1, -0.05) is 13.0 Å². The van der Waals surface area contributed by atoms with Gasteiger partial charge < -0.3 is 10.2 Å². The summed E-state index contributed by atoms with van der Waals surface area (Å²) in [5.41, 5.74) is 1.18. The number of pyridine rings is 1. The summed E-state index contributed by atoms with van der Waals surface area (Å²) in [6.07, 6.45) is 4.14. The molecule has 0 aliphatic carbocycles. The molecule has 0 unspecified atom stereocenters. The predicted octanol–water partition coefficient (Wildman–Crippen LogP) is 1.94.